The smallest absolute Gasteiger partial charge is 0.333 e. The number of imidazole rings is 1. The predicted octanol–water partition coefficient (Wildman–Crippen LogP) is -1.73. The van der Waals surface area contributed by atoms with Crippen molar-refractivity contribution in [2.24, 2.45) is 5.73 Å². The van der Waals surface area contributed by atoms with Crippen LogP contribution in [0.1, 0.15) is 12.1 Å². The van der Waals surface area contributed by atoms with Crippen molar-refractivity contribution in [3.8, 4) is 0 Å². The first-order chi connectivity index (χ1) is 9.23. The number of aliphatic hydroxyl groups is 1. The van der Waals surface area contributed by atoms with Crippen LogP contribution in [0.4, 0.5) is 0 Å². The van der Waals surface area contributed by atoms with Gasteiger partial charge in [0.2, 0.25) is 0 Å². The van der Waals surface area contributed by atoms with Crippen LogP contribution in [0.5, 0.6) is 0 Å². The van der Waals surface area contributed by atoms with Crippen molar-refractivity contribution in [1.29, 1.82) is 0 Å². The Morgan fingerprint density at radius 2 is 1.85 bits per heavy atom. The Morgan fingerprint density at radius 1 is 1.25 bits per heavy atom. The zero-order valence-corrected chi connectivity index (χ0v) is 10.3. The van der Waals surface area contributed by atoms with Crippen LogP contribution in [0, 0.1) is 0 Å². The Hall–Kier alpha value is -2.46. The number of hydrogen-bond donors (Lipinski definition) is 6. The average molecular weight is 289 g/mol. The van der Waals surface area contributed by atoms with E-state index in [9.17, 15) is 14.4 Å². The summed E-state index contributed by atoms with van der Waals surface area (Å²) in [5.74, 6) is -3.85. The maximum atomic E-state index is 10.3. The Balaban J connectivity index is 0.000000370. The molecule has 0 bridgehead atoms. The average Bonchev–Trinajstić information content (AvgIpc) is 2.81. The number of aliphatic carboxylic acids is 3. The fourth-order valence-electron chi connectivity index (χ4n) is 0.973. The highest BCUT2D eigenvalue weighted by atomic mass is 16.4. The summed E-state index contributed by atoms with van der Waals surface area (Å²) in [6.45, 7) is 0. The second-order valence-electron chi connectivity index (χ2n) is 3.68. The van der Waals surface area contributed by atoms with Gasteiger partial charge in [0, 0.05) is 18.3 Å². The summed E-state index contributed by atoms with van der Waals surface area (Å²) in [6, 6.07) is -0.851. The number of aliphatic hydroxyl groups excluding tert-OH is 1. The summed E-state index contributed by atoms with van der Waals surface area (Å²) >= 11 is 0. The molecule has 0 spiro atoms. The summed E-state index contributed by atoms with van der Waals surface area (Å²) in [5, 5.41) is 32.6. The van der Waals surface area contributed by atoms with Crippen molar-refractivity contribution in [1.82, 2.24) is 9.97 Å². The molecule has 0 amide bonds. The van der Waals surface area contributed by atoms with E-state index in [-0.39, 0.29) is 6.42 Å². The summed E-state index contributed by atoms with van der Waals surface area (Å²) in [5.41, 5.74) is 6.00. The van der Waals surface area contributed by atoms with Crippen LogP contribution < -0.4 is 5.73 Å². The van der Waals surface area contributed by atoms with E-state index in [1.54, 1.807) is 6.20 Å². The molecule has 0 saturated heterocycles. The van der Waals surface area contributed by atoms with E-state index in [0.29, 0.717) is 0 Å². The number of carbonyl (C=O) groups is 3. The summed E-state index contributed by atoms with van der Waals surface area (Å²) in [4.78, 5) is 36.2. The monoisotopic (exact) mass is 289 g/mol. The first-order valence-electron chi connectivity index (χ1n) is 5.32. The highest BCUT2D eigenvalue weighted by Crippen LogP contribution is 1.95. The van der Waals surface area contributed by atoms with Crippen LogP contribution in [-0.2, 0) is 20.8 Å². The number of nitrogens with zero attached hydrogens (tertiary/aromatic N) is 1. The summed E-state index contributed by atoms with van der Waals surface area (Å²) < 4.78 is 0. The molecule has 0 saturated carbocycles. The summed E-state index contributed by atoms with van der Waals surface area (Å²) in [7, 11) is 0. The number of H-pyrrole nitrogens is 1. The van der Waals surface area contributed by atoms with Gasteiger partial charge in [-0.15, -0.1) is 0 Å². The molecule has 10 nitrogen and oxygen atoms in total. The highest BCUT2D eigenvalue weighted by molar-refractivity contribution is 5.79. The molecule has 2 unspecified atom stereocenters. The number of rotatable bonds is 6. The number of hydrogen-bond acceptors (Lipinski definition) is 6. The number of nitrogens with two attached hydrogens (primary N) is 1. The number of carboxylic acids is 3. The Kier molecular flexibility index (Phi) is 7.55. The van der Waals surface area contributed by atoms with Gasteiger partial charge in [0.25, 0.3) is 0 Å². The van der Waals surface area contributed by atoms with Crippen LogP contribution in [-0.4, -0.2) is 60.4 Å². The lowest BCUT2D eigenvalue weighted by Gasteiger charge is -2.02. The molecule has 2 atom stereocenters. The predicted molar refractivity (Wildman–Crippen MR) is 63.8 cm³/mol. The maximum absolute atomic E-state index is 10.3. The van der Waals surface area contributed by atoms with Gasteiger partial charge >= 0.3 is 17.9 Å². The van der Waals surface area contributed by atoms with Crippen LogP contribution in [0.2, 0.25) is 0 Å². The molecule has 1 aromatic heterocycles. The van der Waals surface area contributed by atoms with Crippen LogP contribution >= 0.6 is 0 Å². The van der Waals surface area contributed by atoms with Gasteiger partial charge in [-0.05, 0) is 0 Å². The van der Waals surface area contributed by atoms with E-state index < -0.39 is 36.5 Å². The fraction of sp³-hybridized carbons (Fsp3) is 0.400. The lowest BCUT2D eigenvalue weighted by Crippen LogP contribution is -2.32. The Morgan fingerprint density at radius 3 is 2.15 bits per heavy atom. The van der Waals surface area contributed by atoms with Crippen molar-refractivity contribution >= 4 is 17.9 Å². The van der Waals surface area contributed by atoms with E-state index in [2.05, 4.69) is 9.97 Å². The van der Waals surface area contributed by atoms with E-state index >= 15 is 0 Å². The zero-order chi connectivity index (χ0) is 15.7. The third-order valence-electron chi connectivity index (χ3n) is 1.96. The molecule has 0 aliphatic heterocycles. The van der Waals surface area contributed by atoms with Gasteiger partial charge in [-0.2, -0.15) is 0 Å². The van der Waals surface area contributed by atoms with Gasteiger partial charge in [0.05, 0.1) is 12.7 Å². The van der Waals surface area contributed by atoms with Crippen molar-refractivity contribution in [2.45, 2.75) is 25.0 Å². The summed E-state index contributed by atoms with van der Waals surface area (Å²) in [6.07, 6.45) is 0.791. The number of carboxylic acid groups (broad SMARTS) is 3. The van der Waals surface area contributed by atoms with Crippen molar-refractivity contribution in [2.75, 3.05) is 0 Å². The second kappa shape index (κ2) is 8.61. The minimum atomic E-state index is -1.79. The van der Waals surface area contributed by atoms with E-state index in [1.807, 2.05) is 0 Å². The standard InChI is InChI=1S/C6H9N3O2.C4H6O5/c7-5(6(10)11)1-4-2-8-3-9-4;5-2(4(8)9)1-3(6)7/h2-3,5H,1,7H2,(H,8,9)(H,10,11);2,5H,1H2,(H,6,7)(H,8,9). The van der Waals surface area contributed by atoms with E-state index in [1.165, 1.54) is 6.33 Å². The molecule has 7 N–H and O–H groups in total. The molecule has 0 aromatic carbocycles. The Labute approximate surface area is 112 Å². The molecule has 0 fully saturated rings. The lowest BCUT2D eigenvalue weighted by atomic mass is 10.2. The Bertz CT molecular complexity index is 446. The van der Waals surface area contributed by atoms with Crippen LogP contribution in [0.3, 0.4) is 0 Å². The van der Waals surface area contributed by atoms with E-state index in [4.69, 9.17) is 26.2 Å². The topological polar surface area (TPSA) is 187 Å². The third kappa shape index (κ3) is 7.79. The van der Waals surface area contributed by atoms with Gasteiger partial charge < -0.3 is 31.1 Å². The van der Waals surface area contributed by atoms with Gasteiger partial charge in [-0.25, -0.2) is 9.78 Å². The molecular formula is C10H15N3O7. The van der Waals surface area contributed by atoms with E-state index in [0.717, 1.165) is 5.69 Å². The number of aromatic amines is 1. The quantitative estimate of drug-likeness (QED) is 0.353. The first kappa shape index (κ1) is 17.5. The maximum Gasteiger partial charge on any atom is 0.333 e. The second-order valence-corrected chi connectivity index (χ2v) is 3.68. The molecule has 1 aromatic rings. The molecule has 10 heteroatoms. The number of aromatic nitrogens is 2. The SMILES string of the molecule is NC(Cc1cnc[nH]1)C(=O)O.O=C(O)CC(O)C(=O)O. The normalized spacial score (nSPS) is 12.7. The minimum Gasteiger partial charge on any atom is -0.481 e. The molecule has 112 valence electrons. The fourth-order valence-corrected chi connectivity index (χ4v) is 0.973. The van der Waals surface area contributed by atoms with Gasteiger partial charge in [0.15, 0.2) is 6.10 Å². The van der Waals surface area contributed by atoms with Crippen molar-refractivity contribution in [3.05, 3.63) is 18.2 Å². The van der Waals surface area contributed by atoms with Gasteiger partial charge in [0.1, 0.15) is 6.04 Å². The molecule has 0 radical (unpaired) electrons. The van der Waals surface area contributed by atoms with Crippen molar-refractivity contribution < 1.29 is 34.8 Å². The van der Waals surface area contributed by atoms with Crippen LogP contribution in [0.25, 0.3) is 0 Å². The molecule has 20 heavy (non-hydrogen) atoms. The van der Waals surface area contributed by atoms with Gasteiger partial charge in [-0.1, -0.05) is 0 Å². The molecular weight excluding hydrogens is 274 g/mol. The third-order valence-corrected chi connectivity index (χ3v) is 1.96. The molecule has 1 rings (SSSR count). The molecule has 1 heterocycles. The lowest BCUT2D eigenvalue weighted by molar-refractivity contribution is -0.152. The molecule has 0 aliphatic carbocycles. The van der Waals surface area contributed by atoms with Gasteiger partial charge in [-0.3, -0.25) is 9.59 Å². The minimum absolute atomic E-state index is 0.287. The first-order valence-corrected chi connectivity index (χ1v) is 5.32. The van der Waals surface area contributed by atoms with Crippen LogP contribution in [0.15, 0.2) is 12.5 Å². The molecule has 0 aliphatic rings. The highest BCUT2D eigenvalue weighted by Gasteiger charge is 2.16. The van der Waals surface area contributed by atoms with Crippen molar-refractivity contribution in [3.63, 3.8) is 0 Å². The zero-order valence-electron chi connectivity index (χ0n) is 10.3. The number of nitrogens with one attached hydrogen (secondary N) is 1. The largest absolute Gasteiger partial charge is 0.481 e.